The van der Waals surface area contributed by atoms with Gasteiger partial charge in [-0.2, -0.15) is 5.10 Å². The van der Waals surface area contributed by atoms with Gasteiger partial charge in [-0.25, -0.2) is 4.79 Å². The first-order valence-electron chi connectivity index (χ1n) is 5.60. The number of carbonyl (C=O) groups is 1. The molecule has 0 aliphatic heterocycles. The number of H-pyrrole nitrogens is 1. The summed E-state index contributed by atoms with van der Waals surface area (Å²) in [5, 5.41) is 14.5. The lowest BCUT2D eigenvalue weighted by molar-refractivity contribution is 0.0689. The summed E-state index contributed by atoms with van der Waals surface area (Å²) in [5.41, 5.74) is 2.36. The van der Waals surface area contributed by atoms with Crippen LogP contribution in [0, 0.1) is 0 Å². The molecule has 2 aromatic heterocycles. The van der Waals surface area contributed by atoms with E-state index in [0.717, 1.165) is 16.5 Å². The van der Waals surface area contributed by atoms with E-state index in [9.17, 15) is 4.79 Å². The van der Waals surface area contributed by atoms with E-state index in [1.54, 1.807) is 7.05 Å². The van der Waals surface area contributed by atoms with Crippen molar-refractivity contribution in [3.05, 3.63) is 41.2 Å². The largest absolute Gasteiger partial charge is 0.476 e. The Morgan fingerprint density at radius 3 is 2.89 bits per heavy atom. The summed E-state index contributed by atoms with van der Waals surface area (Å²) in [4.78, 5) is 14.0. The van der Waals surface area contributed by atoms with Crippen LogP contribution in [0.4, 0.5) is 0 Å². The van der Waals surface area contributed by atoms with Gasteiger partial charge in [-0.05, 0) is 24.3 Å². The predicted molar refractivity (Wildman–Crippen MR) is 72.5 cm³/mol. The smallest absolute Gasteiger partial charge is 0.356 e. The molecule has 0 unspecified atom stereocenters. The quantitative estimate of drug-likeness (QED) is 0.755. The van der Waals surface area contributed by atoms with Crippen molar-refractivity contribution in [1.82, 2.24) is 14.8 Å². The Morgan fingerprint density at radius 2 is 2.21 bits per heavy atom. The number of halogens is 1. The monoisotopic (exact) mass is 275 g/mol. The van der Waals surface area contributed by atoms with Crippen molar-refractivity contribution in [3.63, 3.8) is 0 Å². The highest BCUT2D eigenvalue weighted by atomic mass is 35.5. The summed E-state index contributed by atoms with van der Waals surface area (Å²) in [6.07, 6.45) is 1.83. The van der Waals surface area contributed by atoms with Crippen molar-refractivity contribution in [2.24, 2.45) is 7.05 Å². The molecule has 0 fully saturated rings. The molecule has 0 bridgehead atoms. The molecular formula is C13H10ClN3O2. The molecule has 0 radical (unpaired) electrons. The molecule has 0 saturated heterocycles. The number of hydrogen-bond donors (Lipinski definition) is 2. The van der Waals surface area contributed by atoms with Gasteiger partial charge < -0.3 is 10.1 Å². The maximum Gasteiger partial charge on any atom is 0.356 e. The van der Waals surface area contributed by atoms with Gasteiger partial charge in [-0.15, -0.1) is 0 Å². The lowest BCUT2D eigenvalue weighted by Crippen LogP contribution is -1.99. The van der Waals surface area contributed by atoms with E-state index >= 15 is 0 Å². The van der Waals surface area contributed by atoms with Gasteiger partial charge in [0.2, 0.25) is 0 Å². The number of aromatic amines is 1. The molecule has 0 atom stereocenters. The minimum Gasteiger partial charge on any atom is -0.476 e. The number of carboxylic acids is 1. The number of benzene rings is 1. The zero-order valence-corrected chi connectivity index (χ0v) is 10.8. The number of hydrogen-bond acceptors (Lipinski definition) is 2. The third-order valence-electron chi connectivity index (χ3n) is 3.02. The number of nitrogens with one attached hydrogen (secondary N) is 1. The number of aromatic carboxylic acids is 1. The van der Waals surface area contributed by atoms with Crippen molar-refractivity contribution in [2.45, 2.75) is 0 Å². The third kappa shape index (κ3) is 1.88. The van der Waals surface area contributed by atoms with Crippen LogP contribution in [0.5, 0.6) is 0 Å². The fourth-order valence-electron chi connectivity index (χ4n) is 2.09. The fraction of sp³-hybridized carbons (Fsp3) is 0.0769. The molecule has 19 heavy (non-hydrogen) atoms. The second-order valence-electron chi connectivity index (χ2n) is 4.24. The first-order valence-corrected chi connectivity index (χ1v) is 5.98. The summed E-state index contributed by atoms with van der Waals surface area (Å²) in [7, 11) is 1.69. The van der Waals surface area contributed by atoms with E-state index in [1.165, 1.54) is 10.7 Å². The maximum absolute atomic E-state index is 10.9. The Kier molecular flexibility index (Phi) is 2.57. The topological polar surface area (TPSA) is 70.9 Å². The molecule has 3 aromatic rings. The normalized spacial score (nSPS) is 11.1. The van der Waals surface area contributed by atoms with Crippen molar-refractivity contribution in [1.29, 1.82) is 0 Å². The average Bonchev–Trinajstić information content (AvgIpc) is 2.94. The molecule has 0 saturated carbocycles. The summed E-state index contributed by atoms with van der Waals surface area (Å²) in [6, 6.07) is 7.17. The highest BCUT2D eigenvalue weighted by Gasteiger charge is 2.15. The summed E-state index contributed by atoms with van der Waals surface area (Å²) >= 11 is 6.25. The number of carboxylic acid groups (broad SMARTS) is 1. The van der Waals surface area contributed by atoms with Crippen LogP contribution >= 0.6 is 11.6 Å². The van der Waals surface area contributed by atoms with E-state index < -0.39 is 5.97 Å². The van der Waals surface area contributed by atoms with Gasteiger partial charge in [0.1, 0.15) is 0 Å². The van der Waals surface area contributed by atoms with E-state index in [4.69, 9.17) is 16.7 Å². The van der Waals surface area contributed by atoms with Gasteiger partial charge in [-0.1, -0.05) is 11.6 Å². The van der Waals surface area contributed by atoms with Gasteiger partial charge in [0.25, 0.3) is 0 Å². The zero-order chi connectivity index (χ0) is 13.6. The van der Waals surface area contributed by atoms with Crippen LogP contribution in [0.1, 0.15) is 10.5 Å². The van der Waals surface area contributed by atoms with Crippen LogP contribution in [0.25, 0.3) is 22.2 Å². The SMILES string of the molecule is Cn1nc(C(=O)O)cc1-c1cc2[nH]ccc2cc1Cl. The van der Waals surface area contributed by atoms with E-state index in [0.29, 0.717) is 10.7 Å². The Balaban J connectivity index is 2.23. The lowest BCUT2D eigenvalue weighted by atomic mass is 10.1. The summed E-state index contributed by atoms with van der Waals surface area (Å²) in [6.45, 7) is 0. The molecule has 6 heteroatoms. The van der Waals surface area contributed by atoms with Crippen LogP contribution in [-0.4, -0.2) is 25.8 Å². The van der Waals surface area contributed by atoms with Crippen molar-refractivity contribution < 1.29 is 9.90 Å². The van der Waals surface area contributed by atoms with Gasteiger partial charge in [-0.3, -0.25) is 4.68 Å². The summed E-state index contributed by atoms with van der Waals surface area (Å²) < 4.78 is 1.51. The minimum atomic E-state index is -1.06. The number of aryl methyl sites for hydroxylation is 1. The molecule has 0 aliphatic carbocycles. The van der Waals surface area contributed by atoms with Crippen molar-refractivity contribution >= 4 is 28.5 Å². The van der Waals surface area contributed by atoms with Crippen LogP contribution in [-0.2, 0) is 7.05 Å². The Hall–Kier alpha value is -2.27. The Labute approximate surface area is 113 Å². The summed E-state index contributed by atoms with van der Waals surface area (Å²) in [5.74, 6) is -1.06. The van der Waals surface area contributed by atoms with Crippen molar-refractivity contribution in [2.75, 3.05) is 0 Å². The van der Waals surface area contributed by atoms with E-state index in [2.05, 4.69) is 10.1 Å². The number of rotatable bonds is 2. The van der Waals surface area contributed by atoms with E-state index in [1.807, 2.05) is 24.4 Å². The Morgan fingerprint density at radius 1 is 1.42 bits per heavy atom. The molecule has 0 spiro atoms. The van der Waals surface area contributed by atoms with Crippen LogP contribution < -0.4 is 0 Å². The number of nitrogens with zero attached hydrogens (tertiary/aromatic N) is 2. The van der Waals surface area contributed by atoms with Gasteiger partial charge >= 0.3 is 5.97 Å². The zero-order valence-electron chi connectivity index (χ0n) is 10.0. The molecule has 0 aliphatic rings. The molecule has 0 amide bonds. The van der Waals surface area contributed by atoms with Gasteiger partial charge in [0, 0.05) is 29.7 Å². The van der Waals surface area contributed by atoms with Crippen LogP contribution in [0.2, 0.25) is 5.02 Å². The fourth-order valence-corrected chi connectivity index (χ4v) is 2.36. The Bertz CT molecular complexity index is 788. The minimum absolute atomic E-state index is 0.000138. The van der Waals surface area contributed by atoms with Crippen molar-refractivity contribution in [3.8, 4) is 11.3 Å². The first-order chi connectivity index (χ1) is 9.06. The van der Waals surface area contributed by atoms with Crippen LogP contribution in [0.15, 0.2) is 30.5 Å². The third-order valence-corrected chi connectivity index (χ3v) is 3.33. The van der Waals surface area contributed by atoms with Gasteiger partial charge in [0.15, 0.2) is 5.69 Å². The molecular weight excluding hydrogens is 266 g/mol. The van der Waals surface area contributed by atoms with Gasteiger partial charge in [0.05, 0.1) is 10.7 Å². The highest BCUT2D eigenvalue weighted by molar-refractivity contribution is 6.34. The average molecular weight is 276 g/mol. The molecule has 1 aromatic carbocycles. The van der Waals surface area contributed by atoms with Crippen LogP contribution in [0.3, 0.4) is 0 Å². The first kappa shape index (κ1) is 11.8. The predicted octanol–water partition coefficient (Wildman–Crippen LogP) is 2.92. The van der Waals surface area contributed by atoms with E-state index in [-0.39, 0.29) is 5.69 Å². The molecule has 2 N–H and O–H groups in total. The molecule has 96 valence electrons. The molecule has 5 nitrogen and oxygen atoms in total. The highest BCUT2D eigenvalue weighted by Crippen LogP contribution is 2.31. The lowest BCUT2D eigenvalue weighted by Gasteiger charge is -2.05. The maximum atomic E-state index is 10.9. The molecule has 2 heterocycles. The second-order valence-corrected chi connectivity index (χ2v) is 4.65. The number of aromatic nitrogens is 3. The molecule has 3 rings (SSSR count). The standard InChI is InChI=1S/C13H10ClN3O2/c1-17-12(6-11(16-17)13(18)19)8-5-10-7(2-3-15-10)4-9(8)14/h2-6,15H,1H3,(H,18,19). The number of fused-ring (bicyclic) bond motifs is 1. The second kappa shape index (κ2) is 4.13.